The quantitative estimate of drug-likeness (QED) is 0.220. The number of fused-ring (bicyclic) bond motifs is 3. The second-order valence-electron chi connectivity index (χ2n) is 10.4. The van der Waals surface area contributed by atoms with Crippen LogP contribution in [0, 0.1) is 11.8 Å². The Morgan fingerprint density at radius 3 is 1.75 bits per heavy atom. The Labute approximate surface area is 257 Å². The molecule has 1 aliphatic rings. The van der Waals surface area contributed by atoms with Gasteiger partial charge in [0.05, 0.1) is 35.5 Å². The maximum absolute atomic E-state index is 13.3. The molecule has 0 radical (unpaired) electrons. The average molecular weight is 607 g/mol. The minimum atomic E-state index is -0.942. The third kappa shape index (κ3) is 5.97. The standard InChI is InChI=1S/C34H38O10/c1-18-19(2)31(44-26(36)15-14-21-12-10-9-11-13-21)22-16-24(38-4)32(40-6)29(37)27(22)28-23(30(18)43-20(3)35)17-25(39-5)33(41-7)34(28)42-8/h9-19,30-31,37H,1-8H3/b15-14+/t18-,19+,30-,31-/m1/s1. The third-order valence-electron chi connectivity index (χ3n) is 7.93. The molecule has 4 rings (SSSR count). The number of phenolic OH excluding ortho intramolecular Hbond substituents is 1. The number of hydrogen-bond acceptors (Lipinski definition) is 10. The highest BCUT2D eigenvalue weighted by Gasteiger charge is 2.43. The minimum Gasteiger partial charge on any atom is -0.504 e. The summed E-state index contributed by atoms with van der Waals surface area (Å²) in [6, 6.07) is 12.7. The number of phenols is 1. The van der Waals surface area contributed by atoms with Gasteiger partial charge in [-0.1, -0.05) is 44.2 Å². The van der Waals surface area contributed by atoms with Crippen molar-refractivity contribution in [1.82, 2.24) is 0 Å². The molecule has 1 aliphatic carbocycles. The van der Waals surface area contributed by atoms with Crippen molar-refractivity contribution in [1.29, 1.82) is 0 Å². The van der Waals surface area contributed by atoms with E-state index in [9.17, 15) is 14.7 Å². The first-order chi connectivity index (χ1) is 21.1. The summed E-state index contributed by atoms with van der Waals surface area (Å²) < 4.78 is 40.5. The number of rotatable bonds is 9. The Morgan fingerprint density at radius 2 is 1.23 bits per heavy atom. The summed E-state index contributed by atoms with van der Waals surface area (Å²) in [7, 11) is 7.24. The van der Waals surface area contributed by atoms with Crippen LogP contribution in [0.3, 0.4) is 0 Å². The summed E-state index contributed by atoms with van der Waals surface area (Å²) in [4.78, 5) is 25.8. The fourth-order valence-electron chi connectivity index (χ4n) is 5.67. The van der Waals surface area contributed by atoms with Gasteiger partial charge in [-0.25, -0.2) is 4.79 Å². The van der Waals surface area contributed by atoms with Gasteiger partial charge in [0.2, 0.25) is 11.5 Å². The van der Waals surface area contributed by atoms with Gasteiger partial charge < -0.3 is 38.3 Å². The van der Waals surface area contributed by atoms with E-state index in [0.717, 1.165) is 5.56 Å². The van der Waals surface area contributed by atoms with Crippen molar-refractivity contribution in [3.8, 4) is 45.6 Å². The molecule has 1 N–H and O–H groups in total. The SMILES string of the molecule is COc1cc2c(c(O)c1OC)-c1c(cc(OC)c(OC)c1OC)[C@H](OC(C)=O)[C@H](C)[C@H](C)[C@H]2OC(=O)/C=C/c1ccccc1. The number of ether oxygens (including phenoxy) is 7. The Morgan fingerprint density at radius 1 is 0.705 bits per heavy atom. The summed E-state index contributed by atoms with van der Waals surface area (Å²) in [5.74, 6) is -1.23. The molecule has 0 aliphatic heterocycles. The molecule has 0 heterocycles. The Bertz CT molecular complexity index is 1550. The molecular weight excluding hydrogens is 568 g/mol. The molecule has 234 valence electrons. The van der Waals surface area contributed by atoms with Crippen molar-refractivity contribution in [2.75, 3.05) is 35.5 Å². The Kier molecular flexibility index (Phi) is 9.93. The molecule has 0 spiro atoms. The first-order valence-corrected chi connectivity index (χ1v) is 14.0. The van der Waals surface area contributed by atoms with E-state index in [1.54, 1.807) is 18.2 Å². The van der Waals surface area contributed by atoms with Gasteiger partial charge in [-0.2, -0.15) is 0 Å². The lowest BCUT2D eigenvalue weighted by Gasteiger charge is -2.38. The molecule has 0 bridgehead atoms. The lowest BCUT2D eigenvalue weighted by Crippen LogP contribution is -2.30. The largest absolute Gasteiger partial charge is 0.504 e. The van der Waals surface area contributed by atoms with Crippen LogP contribution in [0.25, 0.3) is 17.2 Å². The number of carbonyl (C=O) groups is 2. The number of benzene rings is 3. The molecule has 0 unspecified atom stereocenters. The Balaban J connectivity index is 2.08. The smallest absolute Gasteiger partial charge is 0.331 e. The van der Waals surface area contributed by atoms with E-state index in [-0.39, 0.29) is 34.3 Å². The Hall–Kier alpha value is -4.86. The van der Waals surface area contributed by atoms with Crippen molar-refractivity contribution in [2.45, 2.75) is 33.0 Å². The number of hydrogen-bond donors (Lipinski definition) is 1. The lowest BCUT2D eigenvalue weighted by atomic mass is 9.74. The predicted octanol–water partition coefficient (Wildman–Crippen LogP) is 6.29. The zero-order valence-electron chi connectivity index (χ0n) is 26.1. The van der Waals surface area contributed by atoms with E-state index in [1.165, 1.54) is 48.5 Å². The van der Waals surface area contributed by atoms with E-state index in [2.05, 4.69) is 0 Å². The molecule has 0 fully saturated rings. The molecule has 3 aromatic rings. The summed E-state index contributed by atoms with van der Waals surface area (Å²) in [5, 5.41) is 11.8. The molecule has 4 atom stereocenters. The number of carbonyl (C=O) groups excluding carboxylic acids is 2. The van der Waals surface area contributed by atoms with Gasteiger partial charge in [0.25, 0.3) is 0 Å². The van der Waals surface area contributed by atoms with Crippen molar-refractivity contribution < 1.29 is 47.9 Å². The predicted molar refractivity (Wildman–Crippen MR) is 163 cm³/mol. The highest BCUT2D eigenvalue weighted by molar-refractivity contribution is 5.90. The highest BCUT2D eigenvalue weighted by Crippen LogP contribution is 2.59. The first-order valence-electron chi connectivity index (χ1n) is 14.0. The normalized spacial score (nSPS) is 19.1. The van der Waals surface area contributed by atoms with E-state index in [0.29, 0.717) is 22.4 Å². The van der Waals surface area contributed by atoms with Crippen LogP contribution in [0.4, 0.5) is 0 Å². The van der Waals surface area contributed by atoms with Crippen LogP contribution in [-0.4, -0.2) is 52.6 Å². The summed E-state index contributed by atoms with van der Waals surface area (Å²) in [6.07, 6.45) is 1.19. The van der Waals surface area contributed by atoms with Crippen LogP contribution >= 0.6 is 0 Å². The maximum Gasteiger partial charge on any atom is 0.331 e. The van der Waals surface area contributed by atoms with Gasteiger partial charge in [0.1, 0.15) is 12.2 Å². The molecule has 0 amide bonds. The fourth-order valence-corrected chi connectivity index (χ4v) is 5.67. The average Bonchev–Trinajstić information content (AvgIpc) is 3.03. The van der Waals surface area contributed by atoms with E-state index >= 15 is 0 Å². The molecule has 10 heteroatoms. The topological polar surface area (TPSA) is 119 Å². The van der Waals surface area contributed by atoms with Crippen molar-refractivity contribution in [2.24, 2.45) is 11.8 Å². The van der Waals surface area contributed by atoms with Crippen LogP contribution in [-0.2, 0) is 19.1 Å². The van der Waals surface area contributed by atoms with E-state index < -0.39 is 36.0 Å². The van der Waals surface area contributed by atoms with Crippen molar-refractivity contribution in [3.63, 3.8) is 0 Å². The van der Waals surface area contributed by atoms with E-state index in [1.807, 2.05) is 44.2 Å². The van der Waals surface area contributed by atoms with Gasteiger partial charge in [-0.3, -0.25) is 4.79 Å². The van der Waals surface area contributed by atoms with E-state index in [4.69, 9.17) is 33.2 Å². The highest BCUT2D eigenvalue weighted by atomic mass is 16.6. The molecule has 3 aromatic carbocycles. The van der Waals surface area contributed by atoms with Gasteiger partial charge >= 0.3 is 11.9 Å². The van der Waals surface area contributed by atoms with Crippen LogP contribution < -0.4 is 23.7 Å². The zero-order chi connectivity index (χ0) is 32.1. The lowest BCUT2D eigenvalue weighted by molar-refractivity contribution is -0.156. The van der Waals surface area contributed by atoms with Crippen LogP contribution in [0.15, 0.2) is 48.5 Å². The molecule has 0 saturated carbocycles. The first kappa shape index (κ1) is 32.1. The molecule has 0 aromatic heterocycles. The second kappa shape index (κ2) is 13.6. The van der Waals surface area contributed by atoms with Crippen LogP contribution in [0.5, 0.6) is 34.5 Å². The molecule has 0 saturated heterocycles. The molecule has 44 heavy (non-hydrogen) atoms. The van der Waals surface area contributed by atoms with Gasteiger partial charge in [0, 0.05) is 47.1 Å². The third-order valence-corrected chi connectivity index (χ3v) is 7.93. The monoisotopic (exact) mass is 606 g/mol. The summed E-state index contributed by atoms with van der Waals surface area (Å²) in [5.41, 5.74) is 2.32. The van der Waals surface area contributed by atoms with Gasteiger partial charge in [-0.15, -0.1) is 0 Å². The van der Waals surface area contributed by atoms with Crippen LogP contribution in [0.1, 0.15) is 49.7 Å². The number of methoxy groups -OCH3 is 5. The molecular formula is C34H38O10. The minimum absolute atomic E-state index is 0.0494. The number of aromatic hydroxyl groups is 1. The summed E-state index contributed by atoms with van der Waals surface area (Å²) >= 11 is 0. The zero-order valence-corrected chi connectivity index (χ0v) is 26.1. The van der Waals surface area contributed by atoms with Crippen LogP contribution in [0.2, 0.25) is 0 Å². The van der Waals surface area contributed by atoms with Gasteiger partial charge in [-0.05, 0) is 23.8 Å². The second-order valence-corrected chi connectivity index (χ2v) is 10.4. The maximum atomic E-state index is 13.3. The van der Waals surface area contributed by atoms with Crippen molar-refractivity contribution in [3.05, 3.63) is 65.2 Å². The molecule has 10 nitrogen and oxygen atoms in total. The van der Waals surface area contributed by atoms with Crippen molar-refractivity contribution >= 4 is 18.0 Å². The fraction of sp³-hybridized carbons (Fsp3) is 0.353. The van der Waals surface area contributed by atoms with Gasteiger partial charge in [0.15, 0.2) is 23.0 Å². The summed E-state index contributed by atoms with van der Waals surface area (Å²) in [6.45, 7) is 5.11. The number of esters is 2.